The molecule has 0 atom stereocenters. The summed E-state index contributed by atoms with van der Waals surface area (Å²) in [5.74, 6) is 0. The topological polar surface area (TPSA) is 47.2 Å². The van der Waals surface area contributed by atoms with Gasteiger partial charge in [0.05, 0.1) is 10.3 Å². The Kier molecular flexibility index (Phi) is 2.46. The van der Waals surface area contributed by atoms with Gasteiger partial charge in [-0.25, -0.2) is 0 Å². The van der Waals surface area contributed by atoms with Gasteiger partial charge in [0.15, 0.2) is 0 Å². The first kappa shape index (κ1) is 12.2. The first-order valence-electron chi connectivity index (χ1n) is 6.55. The summed E-state index contributed by atoms with van der Waals surface area (Å²) in [5, 5.41) is 11.8. The van der Waals surface area contributed by atoms with Crippen LogP contribution in [0.4, 0.5) is 5.69 Å². The summed E-state index contributed by atoms with van der Waals surface area (Å²) in [4.78, 5) is 11.7. The van der Waals surface area contributed by atoms with Gasteiger partial charge in [0.1, 0.15) is 4.70 Å². The van der Waals surface area contributed by atoms with Crippen molar-refractivity contribution < 1.29 is 9.32 Å². The third-order valence-corrected chi connectivity index (χ3v) is 4.75. The Balaban J connectivity index is 2.19. The molecule has 102 valence electrons. The second-order valence-corrected chi connectivity index (χ2v) is 6.14. The highest BCUT2D eigenvalue weighted by atomic mass is 32.1. The number of non-ortho nitro benzene ring substituents is 1. The van der Waals surface area contributed by atoms with Crippen molar-refractivity contribution in [2.24, 2.45) is 0 Å². The molecule has 0 amide bonds. The molecule has 0 aliphatic carbocycles. The Morgan fingerprint density at radius 3 is 2.71 bits per heavy atom. The fourth-order valence-corrected chi connectivity index (χ4v) is 3.72. The van der Waals surface area contributed by atoms with Crippen LogP contribution in [0.25, 0.3) is 25.9 Å². The van der Waals surface area contributed by atoms with Crippen molar-refractivity contribution >= 4 is 43.0 Å². The van der Waals surface area contributed by atoms with Crippen LogP contribution in [0, 0.1) is 17.0 Å². The van der Waals surface area contributed by atoms with Gasteiger partial charge in [-0.1, -0.05) is 17.4 Å². The summed E-state index contributed by atoms with van der Waals surface area (Å²) in [6, 6.07) is 15.4. The van der Waals surface area contributed by atoms with E-state index in [0.717, 1.165) is 21.3 Å². The van der Waals surface area contributed by atoms with Gasteiger partial charge in [-0.3, -0.25) is 10.1 Å². The number of hydrogen-bond donors (Lipinski definition) is 0. The minimum Gasteiger partial charge on any atom is -0.258 e. The van der Waals surface area contributed by atoms with Crippen LogP contribution in [0.2, 0.25) is 0 Å². The van der Waals surface area contributed by atoms with E-state index in [1.165, 1.54) is 10.3 Å². The third kappa shape index (κ3) is 1.78. The lowest BCUT2D eigenvalue weighted by Gasteiger charge is -1.95. The molecule has 0 saturated heterocycles. The lowest BCUT2D eigenvalue weighted by Crippen LogP contribution is -2.20. The minimum atomic E-state index is -0.357. The van der Waals surface area contributed by atoms with Crippen molar-refractivity contribution in [3.63, 3.8) is 0 Å². The van der Waals surface area contributed by atoms with E-state index in [2.05, 4.69) is 29.5 Å². The molecule has 0 spiro atoms. The fourth-order valence-electron chi connectivity index (χ4n) is 2.68. The second-order valence-electron chi connectivity index (χ2n) is 5.08. The number of thiazole rings is 1. The van der Waals surface area contributed by atoms with Gasteiger partial charge in [-0.2, -0.15) is 0 Å². The summed E-state index contributed by atoms with van der Waals surface area (Å²) < 4.78 is 3.39. The van der Waals surface area contributed by atoms with E-state index in [9.17, 15) is 10.1 Å². The normalized spacial score (nSPS) is 11.5. The Morgan fingerprint density at radius 2 is 1.90 bits per heavy atom. The van der Waals surface area contributed by atoms with E-state index in [1.54, 1.807) is 23.5 Å². The minimum absolute atomic E-state index is 0.123. The molecule has 0 fully saturated rings. The maximum absolute atomic E-state index is 10.9. The van der Waals surface area contributed by atoms with Crippen LogP contribution in [0.1, 0.15) is 5.56 Å². The maximum atomic E-state index is 10.9. The number of hydrogen-bond acceptors (Lipinski definition) is 3. The number of nitro groups is 1. The summed E-state index contributed by atoms with van der Waals surface area (Å²) in [6.07, 6.45) is 0. The predicted octanol–water partition coefficient (Wildman–Crippen LogP) is 4.01. The number of aromatic nitrogens is 1. The quantitative estimate of drug-likeness (QED) is 0.302. The van der Waals surface area contributed by atoms with E-state index < -0.39 is 0 Å². The van der Waals surface area contributed by atoms with Crippen LogP contribution in [0.15, 0.2) is 48.5 Å². The first-order chi connectivity index (χ1) is 10.1. The smallest absolute Gasteiger partial charge is 0.258 e. The summed E-state index contributed by atoms with van der Waals surface area (Å²) in [6.45, 7) is 2.07. The number of rotatable bonds is 1. The van der Waals surface area contributed by atoms with Crippen molar-refractivity contribution in [2.75, 3.05) is 0 Å². The third-order valence-electron chi connectivity index (χ3n) is 3.66. The Bertz CT molecular complexity index is 1040. The van der Waals surface area contributed by atoms with E-state index >= 15 is 0 Å². The Morgan fingerprint density at radius 1 is 1.05 bits per heavy atom. The molecule has 0 bridgehead atoms. The van der Waals surface area contributed by atoms with Gasteiger partial charge < -0.3 is 0 Å². The van der Waals surface area contributed by atoms with Crippen LogP contribution in [-0.2, 0) is 0 Å². The van der Waals surface area contributed by atoms with Gasteiger partial charge >= 0.3 is 0 Å². The zero-order valence-electron chi connectivity index (χ0n) is 11.2. The number of nitrogens with zero attached hydrogens (tertiary/aromatic N) is 2. The lowest BCUT2D eigenvalue weighted by atomic mass is 10.2. The molecule has 0 N–H and O–H groups in total. The zero-order valence-corrected chi connectivity index (χ0v) is 12.1. The highest BCUT2D eigenvalue weighted by Crippen LogP contribution is 2.26. The highest BCUT2D eigenvalue weighted by Gasteiger charge is 2.19. The molecule has 0 aliphatic heterocycles. The molecular weight excluding hydrogens is 284 g/mol. The summed E-state index contributed by atoms with van der Waals surface area (Å²) in [5.41, 5.74) is 3.47. The molecule has 0 saturated carbocycles. The molecule has 0 aliphatic rings. The van der Waals surface area contributed by atoms with Gasteiger partial charge in [0, 0.05) is 30.3 Å². The Hall–Kier alpha value is -2.53. The van der Waals surface area contributed by atoms with Crippen molar-refractivity contribution in [3.05, 3.63) is 64.2 Å². The van der Waals surface area contributed by atoms with E-state index in [-0.39, 0.29) is 10.6 Å². The molecule has 2 heterocycles. The van der Waals surface area contributed by atoms with Crippen LogP contribution < -0.4 is 4.40 Å². The average molecular weight is 295 g/mol. The van der Waals surface area contributed by atoms with Crippen molar-refractivity contribution in [1.82, 2.24) is 0 Å². The monoisotopic (exact) mass is 295 g/mol. The largest absolute Gasteiger partial charge is 0.270 e. The van der Waals surface area contributed by atoms with Crippen molar-refractivity contribution in [3.8, 4) is 0 Å². The SMILES string of the molecule is Cc1ccc2sc3ccc4cc([N+](=O)[O-])ccc4[n+]3c2c1. The van der Waals surface area contributed by atoms with Gasteiger partial charge in [-0.15, -0.1) is 4.40 Å². The summed E-state index contributed by atoms with van der Waals surface area (Å²) in [7, 11) is 0. The molecule has 5 heteroatoms. The first-order valence-corrected chi connectivity index (χ1v) is 7.37. The van der Waals surface area contributed by atoms with Crippen LogP contribution in [0.3, 0.4) is 0 Å². The van der Waals surface area contributed by atoms with Crippen molar-refractivity contribution in [2.45, 2.75) is 6.92 Å². The van der Waals surface area contributed by atoms with E-state index in [0.29, 0.717) is 0 Å². The lowest BCUT2D eigenvalue weighted by molar-refractivity contribution is -0.446. The molecule has 4 aromatic rings. The van der Waals surface area contributed by atoms with E-state index in [4.69, 9.17) is 0 Å². The van der Waals surface area contributed by atoms with Gasteiger partial charge in [-0.05, 0) is 24.6 Å². The van der Waals surface area contributed by atoms with Crippen LogP contribution in [-0.4, -0.2) is 4.92 Å². The molecular formula is C16H11N2O2S+. The highest BCUT2D eigenvalue weighted by molar-refractivity contribution is 7.23. The van der Waals surface area contributed by atoms with Crippen LogP contribution >= 0.6 is 11.3 Å². The number of fused-ring (bicyclic) bond motifs is 5. The summed E-state index contributed by atoms with van der Waals surface area (Å²) >= 11 is 1.72. The zero-order chi connectivity index (χ0) is 14.6. The van der Waals surface area contributed by atoms with Gasteiger partial charge in [0.25, 0.3) is 10.5 Å². The number of benzene rings is 2. The van der Waals surface area contributed by atoms with Crippen LogP contribution in [0.5, 0.6) is 0 Å². The van der Waals surface area contributed by atoms with E-state index in [1.807, 2.05) is 18.2 Å². The standard InChI is InChI=1S/C16H11N2O2S/c1-10-2-6-15-14(8-10)17-13-5-4-12(18(19)20)9-11(13)3-7-16(17)21-15/h2-9H,1H3/q+1. The molecule has 2 aromatic carbocycles. The predicted molar refractivity (Wildman–Crippen MR) is 83.9 cm³/mol. The second kappa shape index (κ2) is 4.23. The average Bonchev–Trinajstić information content (AvgIpc) is 2.84. The molecule has 0 radical (unpaired) electrons. The molecule has 21 heavy (non-hydrogen) atoms. The molecule has 4 nitrogen and oxygen atoms in total. The van der Waals surface area contributed by atoms with Crippen molar-refractivity contribution in [1.29, 1.82) is 0 Å². The Labute approximate surface area is 124 Å². The number of nitro benzene ring substituents is 1. The molecule has 4 rings (SSSR count). The van der Waals surface area contributed by atoms with Gasteiger partial charge in [0.2, 0.25) is 11.0 Å². The maximum Gasteiger partial charge on any atom is 0.270 e. The fraction of sp³-hybridized carbons (Fsp3) is 0.0625. The molecule has 0 unspecified atom stereocenters. The number of pyridine rings is 1. The number of aryl methyl sites for hydroxylation is 1. The molecule has 2 aromatic heterocycles.